The Kier molecular flexibility index (Phi) is 1.50. The third-order valence-electron chi connectivity index (χ3n) is 4.25. The summed E-state index contributed by atoms with van der Waals surface area (Å²) in [6.45, 7) is 0. The molecule has 2 atom stereocenters. The van der Waals surface area contributed by atoms with Gasteiger partial charge in [0.1, 0.15) is 5.82 Å². The van der Waals surface area contributed by atoms with E-state index < -0.39 is 0 Å². The van der Waals surface area contributed by atoms with Crippen molar-refractivity contribution in [3.63, 3.8) is 0 Å². The van der Waals surface area contributed by atoms with Crippen LogP contribution in [0.1, 0.15) is 31.0 Å². The highest BCUT2D eigenvalue weighted by molar-refractivity contribution is 5.78. The molecule has 1 aromatic heterocycles. The number of nitrogens with zero attached hydrogens (tertiary/aromatic N) is 1. The lowest BCUT2D eigenvalue weighted by Gasteiger charge is -1.97. The number of nitrogen functional groups attached to an aromatic ring is 1. The lowest BCUT2D eigenvalue weighted by Crippen LogP contribution is -1.89. The van der Waals surface area contributed by atoms with Gasteiger partial charge in [0.2, 0.25) is 0 Å². The minimum Gasteiger partial charge on any atom is -0.399 e. The van der Waals surface area contributed by atoms with Crippen molar-refractivity contribution in [2.75, 3.05) is 5.73 Å². The van der Waals surface area contributed by atoms with Crippen LogP contribution in [0.15, 0.2) is 18.2 Å². The predicted molar refractivity (Wildman–Crippen MR) is 64.1 cm³/mol. The van der Waals surface area contributed by atoms with Crippen molar-refractivity contribution in [3.8, 4) is 0 Å². The highest BCUT2D eigenvalue weighted by Crippen LogP contribution is 2.62. The van der Waals surface area contributed by atoms with E-state index in [0.717, 1.165) is 28.6 Å². The molecule has 0 amide bonds. The second-order valence-electron chi connectivity index (χ2n) is 5.18. The van der Waals surface area contributed by atoms with Gasteiger partial charge in [-0.25, -0.2) is 4.98 Å². The quantitative estimate of drug-likeness (QED) is 0.715. The monoisotopic (exact) mass is 213 g/mol. The molecule has 2 aliphatic carbocycles. The van der Waals surface area contributed by atoms with Gasteiger partial charge in [0.15, 0.2) is 0 Å². The molecule has 2 fully saturated rings. The second-order valence-corrected chi connectivity index (χ2v) is 5.18. The smallest absolute Gasteiger partial charge is 0.110 e. The van der Waals surface area contributed by atoms with E-state index in [0.29, 0.717) is 5.92 Å². The predicted octanol–water partition coefficient (Wildman–Crippen LogP) is 2.66. The number of rotatable bonds is 1. The molecule has 16 heavy (non-hydrogen) atoms. The Labute approximate surface area is 94.1 Å². The fraction of sp³-hybridized carbons (Fsp3) is 0.462. The van der Waals surface area contributed by atoms with Gasteiger partial charge < -0.3 is 10.7 Å². The first-order valence-electron chi connectivity index (χ1n) is 6.08. The molecule has 4 rings (SSSR count). The Bertz CT molecular complexity index is 547. The standard InChI is InChI=1S/C13H15N3/c14-7-4-5-10-11(6-7)16-13(15-10)12-8-2-1-3-9(8)12/h4-6,8-9,12H,1-3,14H2,(H,15,16). The van der Waals surface area contributed by atoms with Gasteiger partial charge in [0.05, 0.1) is 11.0 Å². The number of aromatic nitrogens is 2. The highest BCUT2D eigenvalue weighted by Gasteiger charge is 2.54. The van der Waals surface area contributed by atoms with Crippen molar-refractivity contribution in [1.82, 2.24) is 9.97 Å². The van der Waals surface area contributed by atoms with E-state index in [9.17, 15) is 0 Å². The largest absolute Gasteiger partial charge is 0.399 e. The first kappa shape index (κ1) is 8.62. The van der Waals surface area contributed by atoms with Gasteiger partial charge in [-0.05, 0) is 42.9 Å². The molecule has 0 radical (unpaired) electrons. The SMILES string of the molecule is Nc1ccc2nc(C3C4CCCC43)[nH]c2c1. The number of benzene rings is 1. The zero-order valence-electron chi connectivity index (χ0n) is 9.11. The van der Waals surface area contributed by atoms with E-state index in [1.165, 1.54) is 25.1 Å². The van der Waals surface area contributed by atoms with Crippen LogP contribution in [0.5, 0.6) is 0 Å². The van der Waals surface area contributed by atoms with Gasteiger partial charge in [-0.1, -0.05) is 6.42 Å². The lowest BCUT2D eigenvalue weighted by atomic mass is 10.1. The summed E-state index contributed by atoms with van der Waals surface area (Å²) < 4.78 is 0. The number of nitrogens with one attached hydrogen (secondary N) is 1. The summed E-state index contributed by atoms with van der Waals surface area (Å²) in [4.78, 5) is 8.12. The maximum absolute atomic E-state index is 5.77. The van der Waals surface area contributed by atoms with Crippen LogP contribution >= 0.6 is 0 Å². The number of aromatic amines is 1. The number of imidazole rings is 1. The first-order chi connectivity index (χ1) is 7.83. The number of fused-ring (bicyclic) bond motifs is 2. The average molecular weight is 213 g/mol. The van der Waals surface area contributed by atoms with E-state index in [2.05, 4.69) is 9.97 Å². The van der Waals surface area contributed by atoms with Crippen molar-refractivity contribution in [2.24, 2.45) is 11.8 Å². The van der Waals surface area contributed by atoms with E-state index in [-0.39, 0.29) is 0 Å². The molecule has 2 aliphatic rings. The summed E-state index contributed by atoms with van der Waals surface area (Å²) in [5.41, 5.74) is 8.71. The molecule has 1 aromatic carbocycles. The van der Waals surface area contributed by atoms with E-state index in [4.69, 9.17) is 5.73 Å². The Balaban J connectivity index is 1.76. The van der Waals surface area contributed by atoms with E-state index in [1.807, 2.05) is 18.2 Å². The van der Waals surface area contributed by atoms with Crippen LogP contribution in [-0.2, 0) is 0 Å². The van der Waals surface area contributed by atoms with Crippen molar-refractivity contribution in [2.45, 2.75) is 25.2 Å². The zero-order chi connectivity index (χ0) is 10.7. The van der Waals surface area contributed by atoms with Crippen LogP contribution in [0.3, 0.4) is 0 Å². The molecule has 3 N–H and O–H groups in total. The summed E-state index contributed by atoms with van der Waals surface area (Å²) >= 11 is 0. The number of anilines is 1. The van der Waals surface area contributed by atoms with Gasteiger partial charge in [-0.2, -0.15) is 0 Å². The summed E-state index contributed by atoms with van der Waals surface area (Å²) in [6.07, 6.45) is 4.21. The third kappa shape index (κ3) is 1.06. The molecule has 82 valence electrons. The summed E-state index contributed by atoms with van der Waals surface area (Å²) in [5.74, 6) is 3.73. The number of hydrogen-bond acceptors (Lipinski definition) is 2. The van der Waals surface area contributed by atoms with Gasteiger partial charge in [-0.3, -0.25) is 0 Å². The molecule has 2 saturated carbocycles. The zero-order valence-corrected chi connectivity index (χ0v) is 9.11. The maximum Gasteiger partial charge on any atom is 0.110 e. The molecule has 2 unspecified atom stereocenters. The van der Waals surface area contributed by atoms with Crippen LogP contribution in [0.4, 0.5) is 5.69 Å². The second kappa shape index (κ2) is 2.78. The topological polar surface area (TPSA) is 54.7 Å². The molecule has 0 bridgehead atoms. The molecular weight excluding hydrogens is 198 g/mol. The van der Waals surface area contributed by atoms with E-state index in [1.54, 1.807) is 0 Å². The molecule has 0 spiro atoms. The molecule has 3 heteroatoms. The molecule has 0 saturated heterocycles. The lowest BCUT2D eigenvalue weighted by molar-refractivity contribution is 0.664. The van der Waals surface area contributed by atoms with Crippen LogP contribution in [0, 0.1) is 11.8 Å². The fourth-order valence-electron chi connectivity index (χ4n) is 3.43. The molecular formula is C13H15N3. The van der Waals surface area contributed by atoms with Gasteiger partial charge in [0.25, 0.3) is 0 Å². The maximum atomic E-state index is 5.77. The van der Waals surface area contributed by atoms with Crippen molar-refractivity contribution in [3.05, 3.63) is 24.0 Å². The minimum atomic E-state index is 0.711. The minimum absolute atomic E-state index is 0.711. The third-order valence-corrected chi connectivity index (χ3v) is 4.25. The first-order valence-corrected chi connectivity index (χ1v) is 6.08. The van der Waals surface area contributed by atoms with Crippen LogP contribution in [0.2, 0.25) is 0 Å². The van der Waals surface area contributed by atoms with Gasteiger partial charge in [-0.15, -0.1) is 0 Å². The van der Waals surface area contributed by atoms with Gasteiger partial charge in [0, 0.05) is 11.6 Å². The normalized spacial score (nSPS) is 31.9. The van der Waals surface area contributed by atoms with Gasteiger partial charge >= 0.3 is 0 Å². The summed E-state index contributed by atoms with van der Waals surface area (Å²) in [7, 11) is 0. The Morgan fingerprint density at radius 1 is 1.25 bits per heavy atom. The average Bonchev–Trinajstić information content (AvgIpc) is 2.68. The number of hydrogen-bond donors (Lipinski definition) is 2. The van der Waals surface area contributed by atoms with E-state index >= 15 is 0 Å². The number of nitrogens with two attached hydrogens (primary N) is 1. The summed E-state index contributed by atoms with van der Waals surface area (Å²) in [6, 6.07) is 5.90. The van der Waals surface area contributed by atoms with Crippen LogP contribution in [0.25, 0.3) is 11.0 Å². The molecule has 2 aromatic rings. The van der Waals surface area contributed by atoms with Crippen LogP contribution < -0.4 is 5.73 Å². The molecule has 0 aliphatic heterocycles. The summed E-state index contributed by atoms with van der Waals surface area (Å²) in [5, 5.41) is 0. The molecule has 3 nitrogen and oxygen atoms in total. The number of H-pyrrole nitrogens is 1. The Hall–Kier alpha value is -1.51. The van der Waals surface area contributed by atoms with Crippen molar-refractivity contribution in [1.29, 1.82) is 0 Å². The van der Waals surface area contributed by atoms with Crippen LogP contribution in [-0.4, -0.2) is 9.97 Å². The fourth-order valence-corrected chi connectivity index (χ4v) is 3.43. The Morgan fingerprint density at radius 2 is 2.06 bits per heavy atom. The van der Waals surface area contributed by atoms with Crippen molar-refractivity contribution < 1.29 is 0 Å². The molecule has 1 heterocycles. The highest BCUT2D eigenvalue weighted by atomic mass is 15.0. The van der Waals surface area contributed by atoms with Crippen molar-refractivity contribution >= 4 is 16.7 Å². The Morgan fingerprint density at radius 3 is 2.88 bits per heavy atom.